The molecule has 5 rings (SSSR count). The van der Waals surface area contributed by atoms with E-state index >= 15 is 0 Å². The lowest BCUT2D eigenvalue weighted by Gasteiger charge is -2.10. The van der Waals surface area contributed by atoms with E-state index in [2.05, 4.69) is 31.2 Å². The molecule has 2 aromatic carbocycles. The highest BCUT2D eigenvalue weighted by Gasteiger charge is 2.19. The first-order chi connectivity index (χ1) is 16.6. The number of hydrogen-bond acceptors (Lipinski definition) is 7. The topological polar surface area (TPSA) is 116 Å². The van der Waals surface area contributed by atoms with E-state index in [-0.39, 0.29) is 17.1 Å². The average Bonchev–Trinajstić information content (AvgIpc) is 3.48. The molecule has 0 unspecified atom stereocenters. The number of aliphatic hydroxyl groups excluding tert-OH is 1. The molecule has 166 valence electrons. The largest absolute Gasteiger partial charge is 0.510 e. The van der Waals surface area contributed by atoms with Crippen LogP contribution in [0.3, 0.4) is 0 Å². The van der Waals surface area contributed by atoms with Gasteiger partial charge in [-0.25, -0.2) is 4.98 Å². The minimum absolute atomic E-state index is 0.0793. The fourth-order valence-corrected chi connectivity index (χ4v) is 4.36. The van der Waals surface area contributed by atoms with Gasteiger partial charge in [0.15, 0.2) is 16.8 Å². The number of allylic oxidation sites excluding steroid dienone is 1. The third-order valence-electron chi connectivity index (χ3n) is 5.02. The third kappa shape index (κ3) is 4.24. The maximum absolute atomic E-state index is 10.8. The number of fused-ring (bicyclic) bond motifs is 1. The van der Waals surface area contributed by atoms with Crippen molar-refractivity contribution in [2.45, 2.75) is 5.16 Å². The summed E-state index contributed by atoms with van der Waals surface area (Å²) in [5, 5.41) is 30.3. The summed E-state index contributed by atoms with van der Waals surface area (Å²) >= 11 is 7.33. The van der Waals surface area contributed by atoms with E-state index in [1.165, 1.54) is 11.8 Å². The standard InChI is InChI=1S/C24H16ClN7OS/c25-16-5-7-17(8-6-16)32-23(15-9-11-27-12-10-15)30-31-24(32)34-14-21(33)18(13-26)22-28-19-3-1-2-4-20(19)29-22/h1-12,33H,14H2,(H,28,29). The number of para-hydroxylation sites is 2. The molecule has 0 saturated heterocycles. The van der Waals surface area contributed by atoms with Gasteiger partial charge >= 0.3 is 0 Å². The van der Waals surface area contributed by atoms with Crippen LogP contribution >= 0.6 is 23.4 Å². The second-order valence-corrected chi connectivity index (χ2v) is 8.56. The Kier molecular flexibility index (Phi) is 5.99. The summed E-state index contributed by atoms with van der Waals surface area (Å²) in [4.78, 5) is 11.6. The number of aliphatic hydroxyl groups is 1. The number of benzene rings is 2. The van der Waals surface area contributed by atoms with Crippen LogP contribution in [-0.4, -0.2) is 40.6 Å². The van der Waals surface area contributed by atoms with Gasteiger partial charge < -0.3 is 10.1 Å². The van der Waals surface area contributed by atoms with Crippen molar-refractivity contribution in [1.29, 1.82) is 5.26 Å². The van der Waals surface area contributed by atoms with Crippen molar-refractivity contribution in [2.24, 2.45) is 0 Å². The number of aromatic amines is 1. The molecule has 3 aromatic heterocycles. The fourth-order valence-electron chi connectivity index (χ4n) is 3.40. The van der Waals surface area contributed by atoms with Crippen molar-refractivity contribution in [3.63, 3.8) is 0 Å². The average molecular weight is 486 g/mol. The number of imidazole rings is 1. The van der Waals surface area contributed by atoms with E-state index in [9.17, 15) is 10.4 Å². The highest BCUT2D eigenvalue weighted by atomic mass is 35.5. The van der Waals surface area contributed by atoms with Crippen LogP contribution in [0.15, 0.2) is 84.0 Å². The Hall–Kier alpha value is -4.13. The third-order valence-corrected chi connectivity index (χ3v) is 6.21. The molecule has 0 radical (unpaired) electrons. The summed E-state index contributed by atoms with van der Waals surface area (Å²) in [5.74, 6) is 0.928. The Morgan fingerprint density at radius 3 is 2.56 bits per heavy atom. The van der Waals surface area contributed by atoms with Crippen molar-refractivity contribution in [2.75, 3.05) is 5.75 Å². The van der Waals surface area contributed by atoms with Gasteiger partial charge in [-0.1, -0.05) is 35.5 Å². The van der Waals surface area contributed by atoms with Gasteiger partial charge in [-0.15, -0.1) is 10.2 Å². The monoisotopic (exact) mass is 485 g/mol. The highest BCUT2D eigenvalue weighted by molar-refractivity contribution is 7.99. The van der Waals surface area contributed by atoms with Crippen molar-refractivity contribution >= 4 is 40.0 Å². The Labute approximate surface area is 203 Å². The molecule has 0 bridgehead atoms. The minimum Gasteiger partial charge on any atom is -0.510 e. The van der Waals surface area contributed by atoms with Gasteiger partial charge in [0.2, 0.25) is 0 Å². The van der Waals surface area contributed by atoms with Gasteiger partial charge in [0.05, 0.1) is 16.8 Å². The maximum atomic E-state index is 10.8. The molecule has 10 heteroatoms. The number of halogens is 1. The lowest BCUT2D eigenvalue weighted by atomic mass is 10.2. The van der Waals surface area contributed by atoms with Gasteiger partial charge in [-0.3, -0.25) is 9.55 Å². The van der Waals surface area contributed by atoms with Crippen LogP contribution in [0, 0.1) is 11.3 Å². The van der Waals surface area contributed by atoms with Crippen LogP contribution in [0.2, 0.25) is 5.02 Å². The lowest BCUT2D eigenvalue weighted by Crippen LogP contribution is -2.01. The molecular formula is C24H16ClN7OS. The highest BCUT2D eigenvalue weighted by Crippen LogP contribution is 2.30. The van der Waals surface area contributed by atoms with Gasteiger partial charge in [0.25, 0.3) is 0 Å². The molecule has 0 aliphatic carbocycles. The minimum atomic E-state index is -0.109. The molecule has 0 fully saturated rings. The van der Waals surface area contributed by atoms with Crippen molar-refractivity contribution < 1.29 is 5.11 Å². The second kappa shape index (κ2) is 9.39. The first kappa shape index (κ1) is 21.7. The number of H-pyrrole nitrogens is 1. The number of nitrogens with zero attached hydrogens (tertiary/aromatic N) is 6. The predicted molar refractivity (Wildman–Crippen MR) is 132 cm³/mol. The summed E-state index contributed by atoms with van der Waals surface area (Å²) in [6, 6.07) is 20.5. The molecule has 34 heavy (non-hydrogen) atoms. The normalized spacial score (nSPS) is 11.9. The molecule has 5 aromatic rings. The van der Waals surface area contributed by atoms with Crippen LogP contribution in [0.1, 0.15) is 5.82 Å². The summed E-state index contributed by atoms with van der Waals surface area (Å²) in [6.45, 7) is 0. The second-order valence-electron chi connectivity index (χ2n) is 7.18. The molecule has 0 aliphatic heterocycles. The van der Waals surface area contributed by atoms with E-state index in [4.69, 9.17) is 11.6 Å². The lowest BCUT2D eigenvalue weighted by molar-refractivity contribution is 0.420. The van der Waals surface area contributed by atoms with E-state index < -0.39 is 0 Å². The Morgan fingerprint density at radius 2 is 1.82 bits per heavy atom. The fraction of sp³-hybridized carbons (Fsp3) is 0.0417. The first-order valence-electron chi connectivity index (χ1n) is 10.2. The zero-order chi connectivity index (χ0) is 23.5. The molecule has 0 spiro atoms. The summed E-state index contributed by atoms with van der Waals surface area (Å²) in [6.07, 6.45) is 3.37. The van der Waals surface area contributed by atoms with Crippen LogP contribution in [0.5, 0.6) is 0 Å². The number of aromatic nitrogens is 6. The molecule has 0 atom stereocenters. The molecule has 0 saturated carbocycles. The van der Waals surface area contributed by atoms with E-state index in [1.54, 1.807) is 24.5 Å². The molecule has 8 nitrogen and oxygen atoms in total. The molecular weight excluding hydrogens is 470 g/mol. The smallest absolute Gasteiger partial charge is 0.196 e. The Morgan fingerprint density at radius 1 is 1.06 bits per heavy atom. The van der Waals surface area contributed by atoms with Crippen LogP contribution in [0.4, 0.5) is 0 Å². The van der Waals surface area contributed by atoms with Gasteiger partial charge in [0.1, 0.15) is 17.4 Å². The zero-order valence-electron chi connectivity index (χ0n) is 17.6. The number of pyridine rings is 1. The van der Waals surface area contributed by atoms with Crippen molar-refractivity contribution in [3.8, 4) is 23.1 Å². The predicted octanol–water partition coefficient (Wildman–Crippen LogP) is 5.44. The SMILES string of the molecule is N#CC(=C(O)CSc1nnc(-c2ccncc2)n1-c1ccc(Cl)cc1)c1nc2ccccc2[nH]1. The van der Waals surface area contributed by atoms with Crippen LogP contribution < -0.4 is 0 Å². The summed E-state index contributed by atoms with van der Waals surface area (Å²) < 4.78 is 1.87. The van der Waals surface area contributed by atoms with Crippen molar-refractivity contribution in [3.05, 3.63) is 89.7 Å². The van der Waals surface area contributed by atoms with Crippen LogP contribution in [0.25, 0.3) is 33.7 Å². The quantitative estimate of drug-likeness (QED) is 0.187. The van der Waals surface area contributed by atoms with Gasteiger partial charge in [-0.2, -0.15) is 5.26 Å². The number of nitriles is 1. The summed E-state index contributed by atoms with van der Waals surface area (Å²) in [5.41, 5.74) is 3.23. The Bertz CT molecular complexity index is 1500. The number of nitrogens with one attached hydrogen (secondary N) is 1. The first-order valence-corrected chi connectivity index (χ1v) is 11.5. The van der Waals surface area contributed by atoms with Gasteiger partial charge in [-0.05, 0) is 48.5 Å². The number of hydrogen-bond donors (Lipinski definition) is 2. The molecule has 3 heterocycles. The van der Waals surface area contributed by atoms with Gasteiger partial charge in [0, 0.05) is 28.7 Å². The van der Waals surface area contributed by atoms with Crippen LogP contribution in [-0.2, 0) is 0 Å². The molecule has 0 aliphatic rings. The van der Waals surface area contributed by atoms with E-state index in [0.717, 1.165) is 22.3 Å². The Balaban J connectivity index is 1.50. The summed E-state index contributed by atoms with van der Waals surface area (Å²) in [7, 11) is 0. The maximum Gasteiger partial charge on any atom is 0.196 e. The van der Waals surface area contributed by atoms with E-state index in [0.29, 0.717) is 21.8 Å². The van der Waals surface area contributed by atoms with Crippen molar-refractivity contribution in [1.82, 2.24) is 29.7 Å². The number of thioether (sulfide) groups is 1. The van der Waals surface area contributed by atoms with E-state index in [1.807, 2.05) is 53.1 Å². The molecule has 0 amide bonds. The zero-order valence-corrected chi connectivity index (χ0v) is 19.1. The number of rotatable bonds is 6. The molecule has 2 N–H and O–H groups in total.